The highest BCUT2D eigenvalue weighted by Gasteiger charge is 2.17. The maximum Gasteiger partial charge on any atom is 0.197 e. The van der Waals surface area contributed by atoms with E-state index in [1.165, 1.54) is 13.2 Å². The number of hydrogen-bond acceptors (Lipinski definition) is 3. The number of hydrogen-bond donors (Lipinski definition) is 1. The summed E-state index contributed by atoms with van der Waals surface area (Å²) >= 11 is 6.06. The summed E-state index contributed by atoms with van der Waals surface area (Å²) in [5.74, 6) is -0.110. The largest absolute Gasteiger partial charge is 0.494 e. The van der Waals surface area contributed by atoms with Crippen LogP contribution in [0.4, 0.5) is 4.39 Å². The molecule has 1 atom stereocenters. The van der Waals surface area contributed by atoms with Crippen LogP contribution in [0.1, 0.15) is 30.5 Å². The van der Waals surface area contributed by atoms with Gasteiger partial charge in [-0.25, -0.2) is 4.39 Å². The molecular weight excluding hydrogens is 293 g/mol. The lowest BCUT2D eigenvalue weighted by molar-refractivity contribution is 0.386. The van der Waals surface area contributed by atoms with Crippen molar-refractivity contribution in [1.29, 1.82) is 0 Å². The number of methoxy groups -OCH3 is 1. The van der Waals surface area contributed by atoms with Gasteiger partial charge in [-0.05, 0) is 54.7 Å². The number of ether oxygens (including phenoxy) is 1. The Hall–Kier alpha value is -1.52. The molecule has 1 aromatic carbocycles. The molecule has 0 saturated carbocycles. The minimum absolute atomic E-state index is 0.0102. The molecule has 0 radical (unpaired) electrons. The molecule has 0 aliphatic carbocycles. The lowest BCUT2D eigenvalue weighted by Gasteiger charge is -2.18. The van der Waals surface area contributed by atoms with Crippen molar-refractivity contribution in [3.05, 3.63) is 52.7 Å². The second-order valence-corrected chi connectivity index (χ2v) is 5.17. The van der Waals surface area contributed by atoms with E-state index in [9.17, 15) is 4.39 Å². The number of benzene rings is 1. The van der Waals surface area contributed by atoms with Crippen LogP contribution in [0.15, 0.2) is 34.9 Å². The third-order valence-electron chi connectivity index (χ3n) is 3.32. The van der Waals surface area contributed by atoms with Crippen LogP contribution in [0.5, 0.6) is 5.75 Å². The second-order valence-electron chi connectivity index (χ2n) is 4.83. The van der Waals surface area contributed by atoms with Crippen molar-refractivity contribution >= 4 is 11.6 Å². The van der Waals surface area contributed by atoms with Crippen LogP contribution in [0, 0.1) is 5.82 Å². The monoisotopic (exact) mass is 311 g/mol. The van der Waals surface area contributed by atoms with Crippen LogP contribution in [-0.4, -0.2) is 13.7 Å². The second kappa shape index (κ2) is 7.48. The van der Waals surface area contributed by atoms with Gasteiger partial charge in [-0.3, -0.25) is 0 Å². The van der Waals surface area contributed by atoms with Gasteiger partial charge in [0.15, 0.2) is 16.8 Å². The van der Waals surface area contributed by atoms with Crippen LogP contribution in [-0.2, 0) is 6.42 Å². The smallest absolute Gasteiger partial charge is 0.197 e. The van der Waals surface area contributed by atoms with Gasteiger partial charge in [0.25, 0.3) is 0 Å². The molecule has 0 fully saturated rings. The normalized spacial score (nSPS) is 12.4. The third-order valence-corrected chi connectivity index (χ3v) is 3.63. The molecule has 0 bridgehead atoms. The van der Waals surface area contributed by atoms with Gasteiger partial charge >= 0.3 is 0 Å². The summed E-state index contributed by atoms with van der Waals surface area (Å²) in [6.07, 6.45) is 3.19. The maximum absolute atomic E-state index is 13.8. The summed E-state index contributed by atoms with van der Waals surface area (Å²) in [6, 6.07) is 6.82. The van der Waals surface area contributed by atoms with Crippen molar-refractivity contribution in [3.8, 4) is 5.75 Å². The SMILES string of the molecule is CCCNC(Cc1ccc(OC)c(F)c1)c1ccoc1Cl. The maximum atomic E-state index is 13.8. The van der Waals surface area contributed by atoms with E-state index in [1.54, 1.807) is 12.3 Å². The van der Waals surface area contributed by atoms with Gasteiger partial charge in [0.1, 0.15) is 0 Å². The summed E-state index contributed by atoms with van der Waals surface area (Å²) in [6.45, 7) is 2.94. The first-order chi connectivity index (χ1) is 10.2. The Morgan fingerprint density at radius 3 is 2.76 bits per heavy atom. The average molecular weight is 312 g/mol. The topological polar surface area (TPSA) is 34.4 Å². The molecule has 0 saturated heterocycles. The molecule has 1 heterocycles. The van der Waals surface area contributed by atoms with E-state index in [2.05, 4.69) is 12.2 Å². The van der Waals surface area contributed by atoms with Gasteiger partial charge in [0, 0.05) is 11.6 Å². The zero-order chi connectivity index (χ0) is 15.2. The fourth-order valence-electron chi connectivity index (χ4n) is 2.24. The number of rotatable bonds is 7. The van der Waals surface area contributed by atoms with Gasteiger partial charge in [0.2, 0.25) is 0 Å². The van der Waals surface area contributed by atoms with Crippen molar-refractivity contribution < 1.29 is 13.5 Å². The summed E-state index contributed by atoms with van der Waals surface area (Å²) < 4.78 is 23.9. The fourth-order valence-corrected chi connectivity index (χ4v) is 2.48. The molecule has 1 aromatic heterocycles. The Balaban J connectivity index is 2.18. The minimum Gasteiger partial charge on any atom is -0.494 e. The molecule has 2 rings (SSSR count). The first-order valence-corrected chi connectivity index (χ1v) is 7.32. The quantitative estimate of drug-likeness (QED) is 0.825. The van der Waals surface area contributed by atoms with Gasteiger partial charge in [-0.2, -0.15) is 0 Å². The van der Waals surface area contributed by atoms with Crippen LogP contribution in [0.3, 0.4) is 0 Å². The zero-order valence-electron chi connectivity index (χ0n) is 12.2. The molecular formula is C16H19ClFNO2. The summed E-state index contributed by atoms with van der Waals surface area (Å²) in [5.41, 5.74) is 1.76. The van der Waals surface area contributed by atoms with E-state index >= 15 is 0 Å². The first kappa shape index (κ1) is 15.9. The van der Waals surface area contributed by atoms with E-state index < -0.39 is 0 Å². The van der Waals surface area contributed by atoms with E-state index in [1.807, 2.05) is 12.1 Å². The molecule has 0 amide bonds. The highest BCUT2D eigenvalue weighted by molar-refractivity contribution is 6.29. The van der Waals surface area contributed by atoms with E-state index in [0.717, 1.165) is 24.1 Å². The van der Waals surface area contributed by atoms with Gasteiger partial charge in [-0.1, -0.05) is 13.0 Å². The molecule has 1 N–H and O–H groups in total. The molecule has 0 aliphatic heterocycles. The number of furan rings is 1. The Kier molecular flexibility index (Phi) is 5.65. The Bertz CT molecular complexity index is 585. The van der Waals surface area contributed by atoms with Crippen LogP contribution >= 0.6 is 11.6 Å². The Labute approximate surface area is 129 Å². The van der Waals surface area contributed by atoms with Crippen LogP contribution < -0.4 is 10.1 Å². The minimum atomic E-state index is -0.359. The lowest BCUT2D eigenvalue weighted by Crippen LogP contribution is -2.24. The van der Waals surface area contributed by atoms with Gasteiger partial charge in [0.05, 0.1) is 13.4 Å². The van der Waals surface area contributed by atoms with Gasteiger partial charge < -0.3 is 14.5 Å². The Morgan fingerprint density at radius 2 is 2.19 bits per heavy atom. The summed E-state index contributed by atoms with van der Waals surface area (Å²) in [7, 11) is 1.45. The van der Waals surface area contributed by atoms with E-state index in [-0.39, 0.29) is 17.6 Å². The zero-order valence-corrected chi connectivity index (χ0v) is 12.9. The average Bonchev–Trinajstić information content (AvgIpc) is 2.90. The molecule has 0 spiro atoms. The van der Waals surface area contributed by atoms with Crippen molar-refractivity contribution in [1.82, 2.24) is 5.32 Å². The Morgan fingerprint density at radius 1 is 1.38 bits per heavy atom. The molecule has 3 nitrogen and oxygen atoms in total. The predicted octanol–water partition coefficient (Wildman–Crippen LogP) is 4.36. The van der Waals surface area contributed by atoms with Gasteiger partial charge in [-0.15, -0.1) is 0 Å². The molecule has 5 heteroatoms. The molecule has 114 valence electrons. The van der Waals surface area contributed by atoms with Crippen molar-refractivity contribution in [2.45, 2.75) is 25.8 Å². The number of halogens is 2. The van der Waals surface area contributed by atoms with E-state index in [4.69, 9.17) is 20.8 Å². The first-order valence-electron chi connectivity index (χ1n) is 6.94. The molecule has 2 aromatic rings. The molecule has 0 aliphatic rings. The third kappa shape index (κ3) is 3.99. The summed E-state index contributed by atoms with van der Waals surface area (Å²) in [5, 5.41) is 3.78. The summed E-state index contributed by atoms with van der Waals surface area (Å²) in [4.78, 5) is 0. The van der Waals surface area contributed by atoms with Crippen LogP contribution in [0.25, 0.3) is 0 Å². The highest BCUT2D eigenvalue weighted by atomic mass is 35.5. The standard InChI is InChI=1S/C16H19ClFNO2/c1-3-7-19-14(12-6-8-21-16(12)17)10-11-4-5-15(20-2)13(18)9-11/h4-6,8-9,14,19H,3,7,10H2,1-2H3. The van der Waals surface area contributed by atoms with Crippen molar-refractivity contribution in [3.63, 3.8) is 0 Å². The lowest BCUT2D eigenvalue weighted by atomic mass is 10.0. The fraction of sp³-hybridized carbons (Fsp3) is 0.375. The highest BCUT2D eigenvalue weighted by Crippen LogP contribution is 2.28. The van der Waals surface area contributed by atoms with Crippen LogP contribution in [0.2, 0.25) is 5.22 Å². The van der Waals surface area contributed by atoms with E-state index in [0.29, 0.717) is 11.6 Å². The number of nitrogens with one attached hydrogen (secondary N) is 1. The van der Waals surface area contributed by atoms with Crippen molar-refractivity contribution in [2.24, 2.45) is 0 Å². The molecule has 21 heavy (non-hydrogen) atoms. The molecule has 1 unspecified atom stereocenters. The predicted molar refractivity (Wildman–Crippen MR) is 81.4 cm³/mol. The van der Waals surface area contributed by atoms with Crippen molar-refractivity contribution in [2.75, 3.05) is 13.7 Å².